The second kappa shape index (κ2) is 7.33. The normalized spacial score (nSPS) is 10.8. The maximum absolute atomic E-state index is 8.50. The molecule has 2 aromatic rings. The molecule has 0 saturated carbocycles. The van der Waals surface area contributed by atoms with Crippen molar-refractivity contribution in [3.05, 3.63) is 59.2 Å². The van der Waals surface area contributed by atoms with Crippen molar-refractivity contribution in [3.63, 3.8) is 0 Å². The third kappa shape index (κ3) is 4.53. The molecule has 110 valence electrons. The van der Waals surface area contributed by atoms with Crippen LogP contribution in [-0.4, -0.2) is 24.6 Å². The van der Waals surface area contributed by atoms with Crippen LogP contribution in [0, 0.1) is 13.8 Å². The minimum Gasteiger partial charge on any atom is -0.490 e. The van der Waals surface area contributed by atoms with Gasteiger partial charge in [0.1, 0.15) is 24.7 Å². The predicted molar refractivity (Wildman–Crippen MR) is 82.7 cm³/mol. The van der Waals surface area contributed by atoms with Gasteiger partial charge in [0, 0.05) is 0 Å². The lowest BCUT2D eigenvalue weighted by Gasteiger charge is -2.11. The molecule has 0 aliphatic heterocycles. The van der Waals surface area contributed by atoms with Crippen LogP contribution in [0.4, 0.5) is 0 Å². The lowest BCUT2D eigenvalue weighted by atomic mass is 10.1. The Labute approximate surface area is 124 Å². The highest BCUT2D eigenvalue weighted by molar-refractivity contribution is 5.79. The molecule has 0 amide bonds. The van der Waals surface area contributed by atoms with Gasteiger partial charge in [-0.05, 0) is 43.2 Å². The topological polar surface area (TPSA) is 51.0 Å². The summed E-state index contributed by atoms with van der Waals surface area (Å²) in [5, 5.41) is 11.5. The van der Waals surface area contributed by atoms with Gasteiger partial charge < -0.3 is 14.7 Å². The summed E-state index contributed by atoms with van der Waals surface area (Å²) in [4.78, 5) is 0. The van der Waals surface area contributed by atoms with Crippen LogP contribution in [0.1, 0.15) is 16.7 Å². The second-order valence-electron chi connectivity index (χ2n) is 4.78. The summed E-state index contributed by atoms with van der Waals surface area (Å²) in [6.45, 7) is 5.01. The molecule has 0 aliphatic carbocycles. The largest absolute Gasteiger partial charge is 0.490 e. The number of rotatable bonds is 6. The van der Waals surface area contributed by atoms with Crippen LogP contribution in [0.25, 0.3) is 0 Å². The van der Waals surface area contributed by atoms with Gasteiger partial charge in [-0.15, -0.1) is 0 Å². The highest BCUT2D eigenvalue weighted by atomic mass is 16.5. The van der Waals surface area contributed by atoms with Crippen LogP contribution < -0.4 is 9.47 Å². The Balaban J connectivity index is 1.83. The summed E-state index contributed by atoms with van der Waals surface area (Å²) in [5.41, 5.74) is 3.12. The van der Waals surface area contributed by atoms with Crippen molar-refractivity contribution in [2.45, 2.75) is 13.8 Å². The van der Waals surface area contributed by atoms with E-state index in [4.69, 9.17) is 14.7 Å². The molecular formula is C17H19NO3. The van der Waals surface area contributed by atoms with E-state index >= 15 is 0 Å². The summed E-state index contributed by atoms with van der Waals surface area (Å²) in [5.74, 6) is 1.60. The van der Waals surface area contributed by atoms with Gasteiger partial charge in [0.2, 0.25) is 0 Å². The zero-order valence-electron chi connectivity index (χ0n) is 12.2. The Morgan fingerprint density at radius 1 is 1.05 bits per heavy atom. The molecule has 0 spiro atoms. The van der Waals surface area contributed by atoms with Crippen molar-refractivity contribution in [1.29, 1.82) is 0 Å². The SMILES string of the molecule is Cc1ccc(OCCOc2cccc(C=NO)c2)c(C)c1. The van der Waals surface area contributed by atoms with Crippen molar-refractivity contribution < 1.29 is 14.7 Å². The van der Waals surface area contributed by atoms with Gasteiger partial charge in [-0.25, -0.2) is 0 Å². The third-order valence-corrected chi connectivity index (χ3v) is 3.00. The van der Waals surface area contributed by atoms with Crippen molar-refractivity contribution in [2.75, 3.05) is 13.2 Å². The van der Waals surface area contributed by atoms with Gasteiger partial charge in [0.05, 0.1) is 6.21 Å². The maximum Gasteiger partial charge on any atom is 0.122 e. The Bertz CT molecular complexity index is 623. The number of ether oxygens (including phenoxy) is 2. The highest BCUT2D eigenvalue weighted by Crippen LogP contribution is 2.18. The van der Waals surface area contributed by atoms with Gasteiger partial charge in [-0.3, -0.25) is 0 Å². The molecule has 1 N–H and O–H groups in total. The minimum absolute atomic E-state index is 0.451. The quantitative estimate of drug-likeness (QED) is 0.382. The second-order valence-corrected chi connectivity index (χ2v) is 4.78. The molecule has 21 heavy (non-hydrogen) atoms. The minimum atomic E-state index is 0.451. The molecule has 0 aromatic heterocycles. The Morgan fingerprint density at radius 3 is 2.62 bits per heavy atom. The van der Waals surface area contributed by atoms with Crippen LogP contribution in [0.5, 0.6) is 11.5 Å². The zero-order valence-corrected chi connectivity index (χ0v) is 12.2. The first-order valence-corrected chi connectivity index (χ1v) is 6.79. The summed E-state index contributed by atoms with van der Waals surface area (Å²) < 4.78 is 11.3. The lowest BCUT2D eigenvalue weighted by Crippen LogP contribution is -2.09. The first-order valence-electron chi connectivity index (χ1n) is 6.79. The van der Waals surface area contributed by atoms with E-state index in [0.717, 1.165) is 22.6 Å². The molecule has 2 rings (SSSR count). The molecule has 0 bridgehead atoms. The first-order chi connectivity index (χ1) is 10.2. The zero-order chi connectivity index (χ0) is 15.1. The molecular weight excluding hydrogens is 266 g/mol. The molecule has 0 saturated heterocycles. The van der Waals surface area contributed by atoms with E-state index in [1.165, 1.54) is 11.8 Å². The summed E-state index contributed by atoms with van der Waals surface area (Å²) in [6, 6.07) is 13.4. The van der Waals surface area contributed by atoms with E-state index in [2.05, 4.69) is 18.1 Å². The number of aryl methyl sites for hydroxylation is 2. The number of benzene rings is 2. The van der Waals surface area contributed by atoms with Gasteiger partial charge in [-0.1, -0.05) is 35.0 Å². The molecule has 0 heterocycles. The van der Waals surface area contributed by atoms with Gasteiger partial charge in [0.15, 0.2) is 0 Å². The van der Waals surface area contributed by atoms with Crippen LogP contribution in [0.2, 0.25) is 0 Å². The molecule has 4 heteroatoms. The fourth-order valence-electron chi connectivity index (χ4n) is 2.02. The Kier molecular flexibility index (Phi) is 5.21. The van der Waals surface area contributed by atoms with Crippen molar-refractivity contribution in [3.8, 4) is 11.5 Å². The number of hydrogen-bond donors (Lipinski definition) is 1. The van der Waals surface area contributed by atoms with Crippen LogP contribution >= 0.6 is 0 Å². The van der Waals surface area contributed by atoms with Gasteiger partial charge in [0.25, 0.3) is 0 Å². The van der Waals surface area contributed by atoms with Crippen molar-refractivity contribution in [2.24, 2.45) is 5.16 Å². The molecule has 0 atom stereocenters. The third-order valence-electron chi connectivity index (χ3n) is 3.00. The first kappa shape index (κ1) is 14.9. The number of hydrogen-bond acceptors (Lipinski definition) is 4. The van der Waals surface area contributed by atoms with Crippen LogP contribution in [0.3, 0.4) is 0 Å². The summed E-state index contributed by atoms with van der Waals surface area (Å²) in [7, 11) is 0. The van der Waals surface area contributed by atoms with Crippen LogP contribution in [-0.2, 0) is 0 Å². The number of nitrogens with zero attached hydrogens (tertiary/aromatic N) is 1. The van der Waals surface area contributed by atoms with Gasteiger partial charge in [-0.2, -0.15) is 0 Å². The van der Waals surface area contributed by atoms with E-state index in [1.807, 2.05) is 37.3 Å². The van der Waals surface area contributed by atoms with Gasteiger partial charge >= 0.3 is 0 Å². The summed E-state index contributed by atoms with van der Waals surface area (Å²) >= 11 is 0. The average Bonchev–Trinajstić information content (AvgIpc) is 2.46. The van der Waals surface area contributed by atoms with Crippen LogP contribution in [0.15, 0.2) is 47.6 Å². The lowest BCUT2D eigenvalue weighted by molar-refractivity contribution is 0.216. The predicted octanol–water partition coefficient (Wildman–Crippen LogP) is 3.57. The smallest absolute Gasteiger partial charge is 0.122 e. The fourth-order valence-corrected chi connectivity index (χ4v) is 2.02. The highest BCUT2D eigenvalue weighted by Gasteiger charge is 2.00. The average molecular weight is 285 g/mol. The van der Waals surface area contributed by atoms with E-state index < -0.39 is 0 Å². The van der Waals surface area contributed by atoms with E-state index in [1.54, 1.807) is 6.07 Å². The number of oxime groups is 1. The Morgan fingerprint density at radius 2 is 1.86 bits per heavy atom. The molecule has 0 aliphatic rings. The maximum atomic E-state index is 8.50. The van der Waals surface area contributed by atoms with E-state index in [9.17, 15) is 0 Å². The van der Waals surface area contributed by atoms with E-state index in [0.29, 0.717) is 13.2 Å². The monoisotopic (exact) mass is 285 g/mol. The molecule has 2 aromatic carbocycles. The molecule has 0 fully saturated rings. The standard InChI is InChI=1S/C17H19NO3/c1-13-6-7-17(14(2)10-13)21-9-8-20-16-5-3-4-15(11-16)12-18-19/h3-7,10-12,19H,8-9H2,1-2H3. The van der Waals surface area contributed by atoms with Crippen molar-refractivity contribution >= 4 is 6.21 Å². The Hall–Kier alpha value is -2.49. The summed E-state index contributed by atoms with van der Waals surface area (Å²) in [6.07, 6.45) is 1.36. The van der Waals surface area contributed by atoms with Crippen molar-refractivity contribution in [1.82, 2.24) is 0 Å². The molecule has 0 unspecified atom stereocenters. The fraction of sp³-hybridized carbons (Fsp3) is 0.235. The van der Waals surface area contributed by atoms with E-state index in [-0.39, 0.29) is 0 Å². The molecule has 0 radical (unpaired) electrons. The molecule has 4 nitrogen and oxygen atoms in total.